The van der Waals surface area contributed by atoms with Gasteiger partial charge in [0.1, 0.15) is 0 Å². The highest BCUT2D eigenvalue weighted by atomic mass is 19.4. The van der Waals surface area contributed by atoms with E-state index in [1.54, 1.807) is 4.90 Å². The lowest BCUT2D eigenvalue weighted by atomic mass is 9.97. The first-order valence-electron chi connectivity index (χ1n) is 10.2. The van der Waals surface area contributed by atoms with E-state index in [1.807, 2.05) is 31.2 Å². The molecule has 3 atom stereocenters. The molecule has 2 fully saturated rings. The minimum Gasteiger partial charge on any atom is -0.465 e. The molecule has 0 amide bonds. The number of halogens is 3. The standard InChI is InChI=1S/C22H27F3N2O2/c1-13(15-8-16-10-26(11-17(16)9-15)12-22(23,24)25)27-14(2)20(21(28)29-3)18-6-4-5-7-19(18)27/h4-7,13,15-17H,8-12H2,1-3H3. The van der Waals surface area contributed by atoms with E-state index in [9.17, 15) is 18.0 Å². The molecule has 1 aromatic heterocycles. The van der Waals surface area contributed by atoms with Crippen molar-refractivity contribution in [2.45, 2.75) is 38.9 Å². The van der Waals surface area contributed by atoms with Crippen molar-refractivity contribution in [1.29, 1.82) is 0 Å². The number of rotatable bonds is 4. The number of aromatic nitrogens is 1. The molecule has 1 aliphatic carbocycles. The Labute approximate surface area is 168 Å². The van der Waals surface area contributed by atoms with Gasteiger partial charge in [0, 0.05) is 35.7 Å². The van der Waals surface area contributed by atoms with E-state index in [1.165, 1.54) is 7.11 Å². The molecular weight excluding hydrogens is 381 g/mol. The van der Waals surface area contributed by atoms with E-state index in [2.05, 4.69) is 11.5 Å². The van der Waals surface area contributed by atoms with E-state index in [0.717, 1.165) is 29.4 Å². The first kappa shape index (κ1) is 20.3. The van der Waals surface area contributed by atoms with Gasteiger partial charge in [0.15, 0.2) is 0 Å². The van der Waals surface area contributed by atoms with Crippen LogP contribution in [0.15, 0.2) is 24.3 Å². The normalized spacial score (nSPS) is 26.1. The van der Waals surface area contributed by atoms with Gasteiger partial charge in [0.25, 0.3) is 0 Å². The van der Waals surface area contributed by atoms with Gasteiger partial charge in [0.05, 0.1) is 19.2 Å². The quantitative estimate of drug-likeness (QED) is 0.681. The Morgan fingerprint density at radius 2 is 1.83 bits per heavy atom. The van der Waals surface area contributed by atoms with Crippen molar-refractivity contribution in [3.05, 3.63) is 35.5 Å². The summed E-state index contributed by atoms with van der Waals surface area (Å²) in [5.41, 5.74) is 2.50. The maximum absolute atomic E-state index is 12.7. The molecule has 4 rings (SSSR count). The van der Waals surface area contributed by atoms with E-state index in [0.29, 0.717) is 36.4 Å². The SMILES string of the molecule is COC(=O)c1c(C)n(C(C)C2CC3CN(CC(F)(F)F)CC3C2)c2ccccc12. The van der Waals surface area contributed by atoms with Crippen molar-refractivity contribution in [3.63, 3.8) is 0 Å². The van der Waals surface area contributed by atoms with Gasteiger partial charge < -0.3 is 9.30 Å². The maximum Gasteiger partial charge on any atom is 0.401 e. The highest BCUT2D eigenvalue weighted by Gasteiger charge is 2.45. The van der Waals surface area contributed by atoms with E-state index < -0.39 is 12.7 Å². The van der Waals surface area contributed by atoms with Crippen molar-refractivity contribution in [2.75, 3.05) is 26.7 Å². The summed E-state index contributed by atoms with van der Waals surface area (Å²) in [4.78, 5) is 13.9. The first-order valence-corrected chi connectivity index (χ1v) is 10.2. The minimum atomic E-state index is -4.13. The number of benzene rings is 1. The van der Waals surface area contributed by atoms with Gasteiger partial charge in [-0.3, -0.25) is 4.90 Å². The minimum absolute atomic E-state index is 0.167. The zero-order valence-electron chi connectivity index (χ0n) is 17.0. The molecule has 158 valence electrons. The molecule has 2 heterocycles. The number of carbonyl (C=O) groups excluding carboxylic acids is 1. The number of carbonyl (C=O) groups is 1. The molecule has 2 aliphatic rings. The predicted molar refractivity (Wildman–Crippen MR) is 105 cm³/mol. The number of para-hydroxylation sites is 1. The van der Waals surface area contributed by atoms with Crippen LogP contribution in [0, 0.1) is 24.7 Å². The Bertz CT molecular complexity index is 907. The summed E-state index contributed by atoms with van der Waals surface area (Å²) >= 11 is 0. The fourth-order valence-corrected chi connectivity index (χ4v) is 5.71. The van der Waals surface area contributed by atoms with Crippen molar-refractivity contribution in [1.82, 2.24) is 9.47 Å². The summed E-state index contributed by atoms with van der Waals surface area (Å²) in [7, 11) is 1.39. The van der Waals surface area contributed by atoms with Crippen LogP contribution < -0.4 is 0 Å². The van der Waals surface area contributed by atoms with Crippen LogP contribution >= 0.6 is 0 Å². The largest absolute Gasteiger partial charge is 0.465 e. The number of esters is 1. The van der Waals surface area contributed by atoms with Crippen molar-refractivity contribution in [3.8, 4) is 0 Å². The van der Waals surface area contributed by atoms with Crippen molar-refractivity contribution in [2.24, 2.45) is 17.8 Å². The highest BCUT2D eigenvalue weighted by molar-refractivity contribution is 6.05. The molecule has 1 saturated heterocycles. The number of ether oxygens (including phenoxy) is 1. The number of hydrogen-bond acceptors (Lipinski definition) is 3. The zero-order valence-corrected chi connectivity index (χ0v) is 17.0. The van der Waals surface area contributed by atoms with Gasteiger partial charge in [-0.15, -0.1) is 0 Å². The smallest absolute Gasteiger partial charge is 0.401 e. The van der Waals surface area contributed by atoms with Crippen LogP contribution in [0.1, 0.15) is 41.9 Å². The van der Waals surface area contributed by atoms with Gasteiger partial charge in [-0.2, -0.15) is 13.2 Å². The van der Waals surface area contributed by atoms with Gasteiger partial charge in [0.2, 0.25) is 0 Å². The van der Waals surface area contributed by atoms with Crippen LogP contribution in [0.4, 0.5) is 13.2 Å². The summed E-state index contributed by atoms with van der Waals surface area (Å²) in [5.74, 6) is 0.702. The fourth-order valence-electron chi connectivity index (χ4n) is 5.71. The first-order chi connectivity index (χ1) is 13.7. The third-order valence-electron chi connectivity index (χ3n) is 6.90. The van der Waals surface area contributed by atoms with Crippen LogP contribution in [0.25, 0.3) is 10.9 Å². The summed E-state index contributed by atoms with van der Waals surface area (Å²) < 4.78 is 45.4. The van der Waals surface area contributed by atoms with Crippen LogP contribution in [0.5, 0.6) is 0 Å². The average Bonchev–Trinajstić information content (AvgIpc) is 3.28. The monoisotopic (exact) mass is 408 g/mol. The molecule has 0 N–H and O–H groups in total. The Morgan fingerprint density at radius 3 is 2.41 bits per heavy atom. The highest BCUT2D eigenvalue weighted by Crippen LogP contribution is 2.47. The maximum atomic E-state index is 12.7. The van der Waals surface area contributed by atoms with Crippen LogP contribution in [0.2, 0.25) is 0 Å². The van der Waals surface area contributed by atoms with Gasteiger partial charge >= 0.3 is 12.1 Å². The zero-order chi connectivity index (χ0) is 20.9. The van der Waals surface area contributed by atoms with Gasteiger partial charge in [-0.05, 0) is 50.5 Å². The lowest BCUT2D eigenvalue weighted by molar-refractivity contribution is -0.144. The van der Waals surface area contributed by atoms with Crippen LogP contribution in [-0.2, 0) is 4.74 Å². The van der Waals surface area contributed by atoms with Gasteiger partial charge in [-0.25, -0.2) is 4.79 Å². The Balaban J connectivity index is 1.57. The van der Waals surface area contributed by atoms with Crippen molar-refractivity contribution >= 4 is 16.9 Å². The van der Waals surface area contributed by atoms with Gasteiger partial charge in [-0.1, -0.05) is 18.2 Å². The number of alkyl halides is 3. The molecule has 3 unspecified atom stereocenters. The number of methoxy groups -OCH3 is 1. The van der Waals surface area contributed by atoms with E-state index in [-0.39, 0.29) is 12.0 Å². The molecule has 0 radical (unpaired) electrons. The number of fused-ring (bicyclic) bond motifs is 2. The Morgan fingerprint density at radius 1 is 1.21 bits per heavy atom. The number of hydrogen-bond donors (Lipinski definition) is 0. The molecule has 29 heavy (non-hydrogen) atoms. The average molecular weight is 408 g/mol. The lowest BCUT2D eigenvalue weighted by Gasteiger charge is -2.26. The molecule has 1 aliphatic heterocycles. The summed E-state index contributed by atoms with van der Waals surface area (Å²) in [5, 5.41) is 0.887. The van der Waals surface area contributed by atoms with E-state index in [4.69, 9.17) is 4.74 Å². The number of likely N-dealkylation sites (tertiary alicyclic amines) is 1. The molecule has 0 bridgehead atoms. The number of nitrogens with zero attached hydrogens (tertiary/aromatic N) is 2. The van der Waals surface area contributed by atoms with E-state index >= 15 is 0 Å². The molecule has 1 aromatic carbocycles. The van der Waals surface area contributed by atoms with Crippen LogP contribution in [0.3, 0.4) is 0 Å². The molecule has 4 nitrogen and oxygen atoms in total. The Hall–Kier alpha value is -2.02. The molecule has 1 saturated carbocycles. The predicted octanol–water partition coefficient (Wildman–Crippen LogP) is 4.82. The second-order valence-electron chi connectivity index (χ2n) is 8.64. The summed E-state index contributed by atoms with van der Waals surface area (Å²) in [6, 6.07) is 8.01. The molecule has 7 heteroatoms. The summed E-state index contributed by atoms with van der Waals surface area (Å²) in [6.07, 6.45) is -2.27. The molecular formula is C22H27F3N2O2. The summed E-state index contributed by atoms with van der Waals surface area (Å²) in [6.45, 7) is 4.38. The second-order valence-corrected chi connectivity index (χ2v) is 8.64. The lowest BCUT2D eigenvalue weighted by Crippen LogP contribution is -2.33. The fraction of sp³-hybridized carbons (Fsp3) is 0.591. The van der Waals surface area contributed by atoms with Crippen LogP contribution in [-0.4, -0.2) is 48.4 Å². The molecule has 0 spiro atoms. The Kier molecular flexibility index (Phi) is 5.13. The molecule has 2 aromatic rings. The third-order valence-corrected chi connectivity index (χ3v) is 6.90. The second kappa shape index (κ2) is 7.35. The third kappa shape index (κ3) is 3.65. The topological polar surface area (TPSA) is 34.5 Å². The van der Waals surface area contributed by atoms with Crippen molar-refractivity contribution < 1.29 is 22.7 Å².